The largest absolute Gasteiger partial charge is 0.350 e. The molecule has 2 amide bonds. The molecule has 1 aromatic heterocycles. The van der Waals surface area contributed by atoms with Crippen LogP contribution < -0.4 is 5.32 Å². The summed E-state index contributed by atoms with van der Waals surface area (Å²) in [4.78, 5) is 35.5. The maximum atomic E-state index is 12.4. The van der Waals surface area contributed by atoms with Crippen molar-refractivity contribution in [3.05, 3.63) is 18.0 Å². The van der Waals surface area contributed by atoms with E-state index in [1.165, 1.54) is 0 Å². The zero-order valence-corrected chi connectivity index (χ0v) is 13.6. The van der Waals surface area contributed by atoms with Gasteiger partial charge in [0.15, 0.2) is 0 Å². The van der Waals surface area contributed by atoms with E-state index in [2.05, 4.69) is 15.3 Å². The lowest BCUT2D eigenvalue weighted by molar-refractivity contribution is -0.130. The Morgan fingerprint density at radius 3 is 2.00 bits per heavy atom. The molecule has 0 radical (unpaired) electrons. The molecule has 0 aliphatic carbocycles. The van der Waals surface area contributed by atoms with Crippen molar-refractivity contribution in [1.29, 1.82) is 0 Å². The minimum Gasteiger partial charge on any atom is -0.350 e. The zero-order chi connectivity index (χ0) is 16.3. The highest BCUT2D eigenvalue weighted by atomic mass is 16.2. The average Bonchev–Trinajstić information content (AvgIpc) is 2.46. The first-order valence-corrected chi connectivity index (χ1v) is 7.41. The van der Waals surface area contributed by atoms with Crippen LogP contribution in [-0.4, -0.2) is 63.3 Å². The fourth-order valence-electron chi connectivity index (χ4n) is 2.25. The smallest absolute Gasteiger partial charge is 0.257 e. The molecule has 0 aromatic carbocycles. The second kappa shape index (κ2) is 6.29. The maximum Gasteiger partial charge on any atom is 0.257 e. The quantitative estimate of drug-likeness (QED) is 0.881. The maximum absolute atomic E-state index is 12.4. The predicted molar refractivity (Wildman–Crippen MR) is 83.6 cm³/mol. The van der Waals surface area contributed by atoms with E-state index in [4.69, 9.17) is 0 Å². The number of piperazine rings is 1. The van der Waals surface area contributed by atoms with Gasteiger partial charge < -0.3 is 15.1 Å². The summed E-state index contributed by atoms with van der Waals surface area (Å²) in [6.07, 6.45) is 3.08. The molecule has 1 aromatic rings. The van der Waals surface area contributed by atoms with Crippen LogP contribution in [0.5, 0.6) is 0 Å². The molecule has 1 saturated heterocycles. The van der Waals surface area contributed by atoms with Gasteiger partial charge >= 0.3 is 0 Å². The number of nitrogens with zero attached hydrogens (tertiary/aromatic N) is 4. The lowest BCUT2D eigenvalue weighted by Crippen LogP contribution is -2.50. The van der Waals surface area contributed by atoms with E-state index in [9.17, 15) is 9.59 Å². The second-order valence-corrected chi connectivity index (χ2v) is 6.47. The van der Waals surface area contributed by atoms with Crippen LogP contribution in [0.25, 0.3) is 0 Å². The first-order valence-electron chi connectivity index (χ1n) is 7.41. The second-order valence-electron chi connectivity index (χ2n) is 6.47. The van der Waals surface area contributed by atoms with E-state index >= 15 is 0 Å². The molecule has 1 N–H and O–H groups in total. The number of hydrogen-bond acceptors (Lipinski definition) is 5. The van der Waals surface area contributed by atoms with E-state index in [1.54, 1.807) is 29.1 Å². The molecule has 7 nitrogen and oxygen atoms in total. The third-order valence-corrected chi connectivity index (χ3v) is 3.40. The third-order valence-electron chi connectivity index (χ3n) is 3.40. The number of anilines is 1. The summed E-state index contributed by atoms with van der Waals surface area (Å²) in [5, 5.41) is 3.15. The fraction of sp³-hybridized carbons (Fsp3) is 0.600. The summed E-state index contributed by atoms with van der Waals surface area (Å²) in [6.45, 7) is 9.84. The number of carbonyl (C=O) groups excluding carboxylic acids is 2. The van der Waals surface area contributed by atoms with Crippen LogP contribution in [0.3, 0.4) is 0 Å². The monoisotopic (exact) mass is 305 g/mol. The van der Waals surface area contributed by atoms with E-state index in [0.29, 0.717) is 37.7 Å². The van der Waals surface area contributed by atoms with Gasteiger partial charge in [0.1, 0.15) is 0 Å². The fourth-order valence-corrected chi connectivity index (χ4v) is 2.25. The molecule has 0 saturated carbocycles. The molecule has 1 aliphatic rings. The molecule has 0 atom stereocenters. The van der Waals surface area contributed by atoms with Crippen LogP contribution in [0.1, 0.15) is 38.1 Å². The van der Waals surface area contributed by atoms with Gasteiger partial charge in [-0.15, -0.1) is 0 Å². The lowest BCUT2D eigenvalue weighted by atomic mass is 10.1. The minimum atomic E-state index is -0.130. The number of rotatable bonds is 2. The van der Waals surface area contributed by atoms with Gasteiger partial charge in [-0.3, -0.25) is 9.59 Å². The Morgan fingerprint density at radius 1 is 1.05 bits per heavy atom. The Bertz CT molecular complexity index is 542. The van der Waals surface area contributed by atoms with Gasteiger partial charge in [-0.2, -0.15) is 0 Å². The van der Waals surface area contributed by atoms with Crippen molar-refractivity contribution in [3.8, 4) is 0 Å². The molecule has 2 rings (SSSR count). The SMILES string of the molecule is CC(=O)N1CCN(C(=O)c2cnc(NC(C)(C)C)nc2)CC1. The summed E-state index contributed by atoms with van der Waals surface area (Å²) >= 11 is 0. The summed E-state index contributed by atoms with van der Waals surface area (Å²) in [5.41, 5.74) is 0.338. The molecule has 0 unspecified atom stereocenters. The summed E-state index contributed by atoms with van der Waals surface area (Å²) in [5.74, 6) is 0.462. The van der Waals surface area contributed by atoms with Crippen molar-refractivity contribution in [2.24, 2.45) is 0 Å². The average molecular weight is 305 g/mol. The van der Waals surface area contributed by atoms with Gasteiger partial charge in [0, 0.05) is 51.0 Å². The summed E-state index contributed by atoms with van der Waals surface area (Å²) < 4.78 is 0. The van der Waals surface area contributed by atoms with Crippen molar-refractivity contribution in [2.45, 2.75) is 33.2 Å². The first kappa shape index (κ1) is 16.2. The van der Waals surface area contributed by atoms with Crippen LogP contribution in [0.4, 0.5) is 5.95 Å². The Hall–Kier alpha value is -2.18. The molecule has 2 heterocycles. The number of nitrogens with one attached hydrogen (secondary N) is 1. The molecule has 1 fully saturated rings. The molecule has 22 heavy (non-hydrogen) atoms. The first-order chi connectivity index (χ1) is 10.3. The Morgan fingerprint density at radius 2 is 1.55 bits per heavy atom. The van der Waals surface area contributed by atoms with Gasteiger partial charge in [0.25, 0.3) is 5.91 Å². The predicted octanol–water partition coefficient (Wildman–Crippen LogP) is 0.991. The van der Waals surface area contributed by atoms with Crippen LogP contribution >= 0.6 is 0 Å². The minimum absolute atomic E-state index is 0.0491. The highest BCUT2D eigenvalue weighted by Crippen LogP contribution is 2.11. The van der Waals surface area contributed by atoms with Crippen LogP contribution in [-0.2, 0) is 4.79 Å². The standard InChI is InChI=1S/C15H23N5O2/c1-11(21)19-5-7-20(8-6-19)13(22)12-9-16-14(17-10-12)18-15(2,3)4/h9-10H,5-8H2,1-4H3,(H,16,17,18). The molecule has 1 aliphatic heterocycles. The zero-order valence-electron chi connectivity index (χ0n) is 13.6. The Labute approximate surface area is 130 Å². The number of aromatic nitrogens is 2. The van der Waals surface area contributed by atoms with Crippen LogP contribution in [0.2, 0.25) is 0 Å². The van der Waals surface area contributed by atoms with Crippen molar-refractivity contribution in [2.75, 3.05) is 31.5 Å². The summed E-state index contributed by atoms with van der Waals surface area (Å²) in [7, 11) is 0. The number of carbonyl (C=O) groups is 2. The van der Waals surface area contributed by atoms with E-state index < -0.39 is 0 Å². The highest BCUT2D eigenvalue weighted by Gasteiger charge is 2.23. The Balaban J connectivity index is 1.97. The van der Waals surface area contributed by atoms with Crippen LogP contribution in [0.15, 0.2) is 12.4 Å². The molecule has 120 valence electrons. The van der Waals surface area contributed by atoms with E-state index in [-0.39, 0.29) is 17.4 Å². The van der Waals surface area contributed by atoms with E-state index in [0.717, 1.165) is 0 Å². The Kier molecular flexibility index (Phi) is 4.63. The number of amides is 2. The van der Waals surface area contributed by atoms with Gasteiger partial charge in [-0.1, -0.05) is 0 Å². The summed E-state index contributed by atoms with van der Waals surface area (Å²) in [6, 6.07) is 0. The molecule has 7 heteroatoms. The topological polar surface area (TPSA) is 78.4 Å². The van der Waals surface area contributed by atoms with Gasteiger partial charge in [-0.25, -0.2) is 9.97 Å². The molecular weight excluding hydrogens is 282 g/mol. The number of hydrogen-bond donors (Lipinski definition) is 1. The molecule has 0 spiro atoms. The van der Waals surface area contributed by atoms with Gasteiger partial charge in [0.2, 0.25) is 11.9 Å². The van der Waals surface area contributed by atoms with E-state index in [1.807, 2.05) is 20.8 Å². The van der Waals surface area contributed by atoms with Crippen molar-refractivity contribution in [3.63, 3.8) is 0 Å². The van der Waals surface area contributed by atoms with Crippen molar-refractivity contribution < 1.29 is 9.59 Å². The van der Waals surface area contributed by atoms with Gasteiger partial charge in [-0.05, 0) is 20.8 Å². The lowest BCUT2D eigenvalue weighted by Gasteiger charge is -2.34. The molecular formula is C15H23N5O2. The van der Waals surface area contributed by atoms with Crippen molar-refractivity contribution >= 4 is 17.8 Å². The third kappa shape index (κ3) is 4.16. The normalized spacial score (nSPS) is 15.6. The van der Waals surface area contributed by atoms with Crippen molar-refractivity contribution in [1.82, 2.24) is 19.8 Å². The molecule has 0 bridgehead atoms. The van der Waals surface area contributed by atoms with Gasteiger partial charge in [0.05, 0.1) is 5.56 Å². The van der Waals surface area contributed by atoms with Crippen LogP contribution in [0, 0.1) is 0 Å². The highest BCUT2D eigenvalue weighted by molar-refractivity contribution is 5.93.